The van der Waals surface area contributed by atoms with Crippen LogP contribution in [0.25, 0.3) is 0 Å². The van der Waals surface area contributed by atoms with E-state index in [4.69, 9.17) is 9.47 Å². The van der Waals surface area contributed by atoms with Crippen LogP contribution in [0.1, 0.15) is 46.5 Å². The van der Waals surface area contributed by atoms with Gasteiger partial charge in [0.2, 0.25) is 11.7 Å². The van der Waals surface area contributed by atoms with Gasteiger partial charge in [0.25, 0.3) is 0 Å². The minimum absolute atomic E-state index is 0.0922. The predicted octanol–water partition coefficient (Wildman–Crippen LogP) is 1.92. The maximum absolute atomic E-state index is 11.9. The summed E-state index contributed by atoms with van der Waals surface area (Å²) in [6, 6.07) is 1.51. The van der Waals surface area contributed by atoms with Gasteiger partial charge in [-0.2, -0.15) is 4.68 Å². The first kappa shape index (κ1) is 15.9. The second-order valence-electron chi connectivity index (χ2n) is 8.49. The smallest absolute Gasteiger partial charge is 0.435 e. The topological polar surface area (TPSA) is 93.8 Å². The molecule has 3 aliphatic rings. The molecule has 7 heteroatoms. The minimum atomic E-state index is -1.84. The average molecular weight is 336 g/mol. The van der Waals surface area contributed by atoms with Crippen molar-refractivity contribution in [3.8, 4) is 5.88 Å². The zero-order valence-corrected chi connectivity index (χ0v) is 14.3. The Morgan fingerprint density at radius 2 is 1.88 bits per heavy atom. The van der Waals surface area contributed by atoms with Crippen molar-refractivity contribution < 1.29 is 24.5 Å². The van der Waals surface area contributed by atoms with Gasteiger partial charge in [0.15, 0.2) is 0 Å². The molecule has 0 bridgehead atoms. The monoisotopic (exact) mass is 336 g/mol. The third-order valence-corrected chi connectivity index (χ3v) is 5.63. The Balaban J connectivity index is 1.36. The van der Waals surface area contributed by atoms with Crippen molar-refractivity contribution >= 4 is 6.09 Å². The van der Waals surface area contributed by atoms with E-state index in [1.165, 1.54) is 12.3 Å². The van der Waals surface area contributed by atoms with Gasteiger partial charge in [-0.05, 0) is 57.3 Å². The first-order chi connectivity index (χ1) is 11.1. The van der Waals surface area contributed by atoms with Crippen LogP contribution in [0.15, 0.2) is 12.3 Å². The number of aliphatic hydroxyl groups is 2. The first-order valence-electron chi connectivity index (χ1n) is 8.46. The number of hydrogen-bond donors (Lipinski definition) is 2. The van der Waals surface area contributed by atoms with Crippen molar-refractivity contribution in [2.24, 2.45) is 16.7 Å². The molecule has 0 aliphatic heterocycles. The summed E-state index contributed by atoms with van der Waals surface area (Å²) in [6.45, 7) is 5.07. The molecule has 0 amide bonds. The van der Waals surface area contributed by atoms with Crippen LogP contribution in [0.2, 0.25) is 0 Å². The molecule has 0 saturated heterocycles. The number of hydrogen-bond acceptors (Lipinski definition) is 6. The first-order valence-corrected chi connectivity index (χ1v) is 8.46. The van der Waals surface area contributed by atoms with E-state index < -0.39 is 17.5 Å². The SMILES string of the molecule is CC(C)(C)OC(=O)n1ccc(OCC(O)(O)C2C3(CC3)C23CC3)n1. The van der Waals surface area contributed by atoms with Crippen molar-refractivity contribution in [2.45, 2.75) is 57.8 Å². The lowest BCUT2D eigenvalue weighted by molar-refractivity contribution is -0.203. The van der Waals surface area contributed by atoms with Gasteiger partial charge in [0, 0.05) is 18.2 Å². The number of aromatic nitrogens is 2. The van der Waals surface area contributed by atoms with Crippen LogP contribution in [0.3, 0.4) is 0 Å². The molecule has 24 heavy (non-hydrogen) atoms. The van der Waals surface area contributed by atoms with Crippen LogP contribution < -0.4 is 4.74 Å². The highest BCUT2D eigenvalue weighted by Crippen LogP contribution is 2.94. The Bertz CT molecular complexity index is 661. The van der Waals surface area contributed by atoms with Crippen LogP contribution in [-0.2, 0) is 4.74 Å². The van der Waals surface area contributed by atoms with Gasteiger partial charge in [-0.1, -0.05) is 0 Å². The number of nitrogens with zero attached hydrogens (tertiary/aromatic N) is 2. The van der Waals surface area contributed by atoms with Crippen molar-refractivity contribution in [3.63, 3.8) is 0 Å². The van der Waals surface area contributed by atoms with Crippen LogP contribution in [0, 0.1) is 16.7 Å². The number of fused-ring (bicyclic) bond motifs is 1. The highest BCUT2D eigenvalue weighted by molar-refractivity contribution is 5.69. The fourth-order valence-electron chi connectivity index (χ4n) is 4.52. The van der Waals surface area contributed by atoms with Gasteiger partial charge >= 0.3 is 6.09 Å². The summed E-state index contributed by atoms with van der Waals surface area (Å²) in [5.41, 5.74) is -0.288. The highest BCUT2D eigenvalue weighted by Gasteiger charge is 2.90. The van der Waals surface area contributed by atoms with Crippen LogP contribution in [0.4, 0.5) is 4.79 Å². The molecule has 0 aromatic carbocycles. The predicted molar refractivity (Wildman–Crippen MR) is 83.3 cm³/mol. The maximum Gasteiger partial charge on any atom is 0.435 e. The molecule has 0 unspecified atom stereocenters. The van der Waals surface area contributed by atoms with E-state index in [1.54, 1.807) is 20.8 Å². The van der Waals surface area contributed by atoms with Crippen LogP contribution in [0.5, 0.6) is 5.88 Å². The summed E-state index contributed by atoms with van der Waals surface area (Å²) in [5, 5.41) is 24.9. The second-order valence-corrected chi connectivity index (χ2v) is 8.49. The van der Waals surface area contributed by atoms with Gasteiger partial charge in [0.05, 0.1) is 0 Å². The molecule has 7 nitrogen and oxygen atoms in total. The molecule has 132 valence electrons. The molecule has 2 spiro atoms. The van der Waals surface area contributed by atoms with Crippen molar-refractivity contribution in [2.75, 3.05) is 6.61 Å². The Hall–Kier alpha value is -1.60. The average Bonchev–Trinajstić information content (AvgIpc) is 3.40. The lowest BCUT2D eigenvalue weighted by atomic mass is 10.1. The standard InChI is InChI=1S/C17H24N2O5/c1-14(2,3)24-13(20)19-9-4-11(18-19)23-10-17(21,22)12-15(5-6-15)16(12)7-8-16/h4,9,12,21-22H,5-8,10H2,1-3H3. The number of carbonyl (C=O) groups excluding carboxylic acids is 1. The molecule has 1 heterocycles. The summed E-state index contributed by atoms with van der Waals surface area (Å²) in [6.07, 6.45) is 5.19. The maximum atomic E-state index is 11.9. The van der Waals surface area contributed by atoms with Gasteiger partial charge in [-0.3, -0.25) is 0 Å². The summed E-state index contributed by atoms with van der Waals surface area (Å²) in [5.74, 6) is -1.77. The van der Waals surface area contributed by atoms with Crippen molar-refractivity contribution in [1.29, 1.82) is 0 Å². The molecule has 2 N–H and O–H groups in total. The quantitative estimate of drug-likeness (QED) is 0.816. The summed E-state index contributed by atoms with van der Waals surface area (Å²) in [4.78, 5) is 11.9. The van der Waals surface area contributed by atoms with E-state index in [9.17, 15) is 15.0 Å². The fourth-order valence-corrected chi connectivity index (χ4v) is 4.52. The Morgan fingerprint density at radius 3 is 2.38 bits per heavy atom. The molecule has 0 radical (unpaired) electrons. The molecular formula is C17H24N2O5. The van der Waals surface area contributed by atoms with Gasteiger partial charge in [-0.15, -0.1) is 5.10 Å². The fraction of sp³-hybridized carbons (Fsp3) is 0.765. The van der Waals surface area contributed by atoms with Crippen molar-refractivity contribution in [1.82, 2.24) is 9.78 Å². The van der Waals surface area contributed by atoms with Gasteiger partial charge in [-0.25, -0.2) is 4.79 Å². The molecule has 3 aliphatic carbocycles. The second kappa shape index (κ2) is 4.52. The van der Waals surface area contributed by atoms with E-state index in [-0.39, 0.29) is 29.2 Å². The van der Waals surface area contributed by atoms with E-state index in [0.29, 0.717) is 0 Å². The van der Waals surface area contributed by atoms with Gasteiger partial charge in [0.1, 0.15) is 12.2 Å². The van der Waals surface area contributed by atoms with Crippen LogP contribution in [-0.4, -0.2) is 44.1 Å². The largest absolute Gasteiger partial charge is 0.471 e. The Labute approximate surface area is 140 Å². The number of carbonyl (C=O) groups is 1. The minimum Gasteiger partial charge on any atom is -0.471 e. The zero-order valence-electron chi connectivity index (χ0n) is 14.3. The number of ether oxygens (including phenoxy) is 2. The van der Waals surface area contributed by atoms with E-state index in [0.717, 1.165) is 30.4 Å². The summed E-state index contributed by atoms with van der Waals surface area (Å²) in [7, 11) is 0. The third-order valence-electron chi connectivity index (χ3n) is 5.63. The molecule has 0 atom stereocenters. The van der Waals surface area contributed by atoms with E-state index in [2.05, 4.69) is 5.10 Å². The molecule has 1 aromatic rings. The lowest BCUT2D eigenvalue weighted by Crippen LogP contribution is -2.39. The summed E-state index contributed by atoms with van der Waals surface area (Å²) >= 11 is 0. The molecule has 3 fully saturated rings. The molecule has 1 aromatic heterocycles. The Kier molecular flexibility index (Phi) is 2.99. The van der Waals surface area contributed by atoms with Crippen LogP contribution >= 0.6 is 0 Å². The zero-order chi connectivity index (χ0) is 17.4. The lowest BCUT2D eigenvalue weighted by Gasteiger charge is -2.22. The normalized spacial score (nSPS) is 23.4. The van der Waals surface area contributed by atoms with Crippen molar-refractivity contribution in [3.05, 3.63) is 12.3 Å². The summed E-state index contributed by atoms with van der Waals surface area (Å²) < 4.78 is 11.7. The molecule has 4 rings (SSSR count). The number of rotatable bonds is 4. The Morgan fingerprint density at radius 1 is 1.29 bits per heavy atom. The van der Waals surface area contributed by atoms with E-state index >= 15 is 0 Å². The highest BCUT2D eigenvalue weighted by atomic mass is 16.6. The van der Waals surface area contributed by atoms with Gasteiger partial charge < -0.3 is 19.7 Å². The molecule has 3 saturated carbocycles. The third kappa shape index (κ3) is 2.33. The molecular weight excluding hydrogens is 312 g/mol. The van der Waals surface area contributed by atoms with E-state index in [1.807, 2.05) is 0 Å².